The van der Waals surface area contributed by atoms with Crippen LogP contribution in [0.1, 0.15) is 23.2 Å². The molecule has 1 aromatic carbocycles. The van der Waals surface area contributed by atoms with Gasteiger partial charge in [-0.25, -0.2) is 0 Å². The summed E-state index contributed by atoms with van der Waals surface area (Å²) in [7, 11) is 0. The molecule has 1 saturated carbocycles. The Labute approximate surface area is 114 Å². The summed E-state index contributed by atoms with van der Waals surface area (Å²) >= 11 is 7.96. The summed E-state index contributed by atoms with van der Waals surface area (Å²) in [5, 5.41) is 0. The molecule has 0 saturated heterocycles. The number of carbonyl (C=O) groups excluding carboxylic acids is 1. The fraction of sp³-hybridized carbons (Fsp3) is 0.417. The smallest absolute Gasteiger partial charge is 0.254 e. The Morgan fingerprint density at radius 1 is 1.38 bits per heavy atom. The summed E-state index contributed by atoms with van der Waals surface area (Å²) in [6.07, 6.45) is 2.24. The first-order chi connectivity index (χ1) is 7.72. The predicted octanol–water partition coefficient (Wildman–Crippen LogP) is 3.13. The summed E-state index contributed by atoms with van der Waals surface area (Å²) in [6, 6.07) is 8.10. The molecule has 1 fully saturated rings. The van der Waals surface area contributed by atoms with Crippen LogP contribution in [-0.4, -0.2) is 29.3 Å². The third kappa shape index (κ3) is 2.88. The summed E-state index contributed by atoms with van der Waals surface area (Å²) in [6.45, 7) is 0.650. The van der Waals surface area contributed by atoms with E-state index in [-0.39, 0.29) is 5.91 Å². The highest BCUT2D eigenvalue weighted by Crippen LogP contribution is 2.28. The molecule has 0 aliphatic heterocycles. The van der Waals surface area contributed by atoms with Crippen LogP contribution in [0.15, 0.2) is 24.3 Å². The molecule has 0 unspecified atom stereocenters. The molecular formula is C12H13ClINO. The second-order valence-corrected chi connectivity index (χ2v) is 5.55. The lowest BCUT2D eigenvalue weighted by atomic mass is 10.2. The van der Waals surface area contributed by atoms with Crippen molar-refractivity contribution in [2.45, 2.75) is 18.9 Å². The summed E-state index contributed by atoms with van der Waals surface area (Å²) in [4.78, 5) is 14.1. The van der Waals surface area contributed by atoms with Crippen molar-refractivity contribution in [3.63, 3.8) is 0 Å². The van der Waals surface area contributed by atoms with E-state index in [1.807, 2.05) is 29.2 Å². The minimum absolute atomic E-state index is 0.111. The minimum atomic E-state index is 0.111. The van der Waals surface area contributed by atoms with Gasteiger partial charge in [-0.2, -0.15) is 0 Å². The molecule has 0 N–H and O–H groups in total. The number of rotatable bonds is 4. The first kappa shape index (κ1) is 12.2. The van der Waals surface area contributed by atoms with Crippen LogP contribution in [0.4, 0.5) is 0 Å². The van der Waals surface area contributed by atoms with E-state index in [0.29, 0.717) is 18.5 Å². The Kier molecular flexibility index (Phi) is 4.08. The molecule has 2 rings (SSSR count). The molecule has 1 amide bonds. The fourth-order valence-corrected chi connectivity index (χ4v) is 2.23. The quantitative estimate of drug-likeness (QED) is 0.604. The van der Waals surface area contributed by atoms with E-state index in [0.717, 1.165) is 22.0 Å². The van der Waals surface area contributed by atoms with Crippen LogP contribution in [0.2, 0.25) is 0 Å². The largest absolute Gasteiger partial charge is 0.334 e. The highest BCUT2D eigenvalue weighted by Gasteiger charge is 2.32. The Hall–Kier alpha value is -0.290. The molecule has 16 heavy (non-hydrogen) atoms. The predicted molar refractivity (Wildman–Crippen MR) is 73.9 cm³/mol. The first-order valence-corrected chi connectivity index (χ1v) is 6.96. The van der Waals surface area contributed by atoms with Gasteiger partial charge in [0.05, 0.1) is 0 Å². The third-order valence-electron chi connectivity index (χ3n) is 2.67. The number of carbonyl (C=O) groups is 1. The van der Waals surface area contributed by atoms with Crippen molar-refractivity contribution < 1.29 is 4.79 Å². The zero-order valence-corrected chi connectivity index (χ0v) is 11.7. The lowest BCUT2D eigenvalue weighted by molar-refractivity contribution is 0.0753. The molecule has 0 bridgehead atoms. The van der Waals surface area contributed by atoms with Gasteiger partial charge in [-0.15, -0.1) is 11.6 Å². The Morgan fingerprint density at radius 2 is 2.00 bits per heavy atom. The number of nitrogens with zero attached hydrogens (tertiary/aromatic N) is 1. The molecule has 0 radical (unpaired) electrons. The van der Waals surface area contributed by atoms with E-state index in [1.165, 1.54) is 0 Å². The third-order valence-corrected chi connectivity index (χ3v) is 3.55. The highest BCUT2D eigenvalue weighted by atomic mass is 127. The molecule has 86 valence electrons. The van der Waals surface area contributed by atoms with Crippen LogP contribution in [0.3, 0.4) is 0 Å². The summed E-state index contributed by atoms with van der Waals surface area (Å²) in [5.41, 5.74) is 0.762. The molecule has 0 aromatic heterocycles. The number of halogens is 2. The molecule has 0 spiro atoms. The Balaban J connectivity index is 2.12. The van der Waals surface area contributed by atoms with Crippen molar-refractivity contribution in [2.75, 3.05) is 12.4 Å². The van der Waals surface area contributed by atoms with Gasteiger partial charge in [0.15, 0.2) is 0 Å². The lowest BCUT2D eigenvalue weighted by Gasteiger charge is -2.21. The molecule has 0 heterocycles. The van der Waals surface area contributed by atoms with Gasteiger partial charge in [0.2, 0.25) is 0 Å². The van der Waals surface area contributed by atoms with Gasteiger partial charge >= 0.3 is 0 Å². The second-order valence-electron chi connectivity index (χ2n) is 3.93. The highest BCUT2D eigenvalue weighted by molar-refractivity contribution is 14.1. The lowest BCUT2D eigenvalue weighted by Crippen LogP contribution is -2.34. The SMILES string of the molecule is O=C(c1ccc(I)cc1)N(CCCl)C1CC1. The number of alkyl halides is 1. The molecule has 0 atom stereocenters. The number of hydrogen-bond donors (Lipinski definition) is 0. The van der Waals surface area contributed by atoms with Gasteiger partial charge in [0.1, 0.15) is 0 Å². The number of amides is 1. The molecule has 1 aromatic rings. The zero-order valence-electron chi connectivity index (χ0n) is 8.83. The van der Waals surface area contributed by atoms with Gasteiger partial charge in [0.25, 0.3) is 5.91 Å². The molecule has 2 nitrogen and oxygen atoms in total. The van der Waals surface area contributed by atoms with Gasteiger partial charge < -0.3 is 4.90 Å². The van der Waals surface area contributed by atoms with E-state index in [1.54, 1.807) is 0 Å². The first-order valence-electron chi connectivity index (χ1n) is 5.35. The van der Waals surface area contributed by atoms with E-state index < -0.39 is 0 Å². The molecular weight excluding hydrogens is 336 g/mol. The van der Waals surface area contributed by atoms with Crippen LogP contribution >= 0.6 is 34.2 Å². The van der Waals surface area contributed by atoms with Crippen molar-refractivity contribution in [1.82, 2.24) is 4.90 Å². The Bertz CT molecular complexity index is 375. The maximum absolute atomic E-state index is 12.2. The van der Waals surface area contributed by atoms with Crippen LogP contribution < -0.4 is 0 Å². The number of benzene rings is 1. The molecule has 4 heteroatoms. The van der Waals surface area contributed by atoms with Crippen LogP contribution in [-0.2, 0) is 0 Å². The average molecular weight is 350 g/mol. The van der Waals surface area contributed by atoms with Crippen molar-refractivity contribution in [2.24, 2.45) is 0 Å². The van der Waals surface area contributed by atoms with Crippen molar-refractivity contribution >= 4 is 40.1 Å². The monoisotopic (exact) mass is 349 g/mol. The van der Waals surface area contributed by atoms with Gasteiger partial charge in [-0.1, -0.05) is 0 Å². The van der Waals surface area contributed by atoms with Gasteiger partial charge in [-0.05, 0) is 59.7 Å². The molecule has 1 aliphatic rings. The van der Waals surface area contributed by atoms with Crippen molar-refractivity contribution in [3.8, 4) is 0 Å². The van der Waals surface area contributed by atoms with Gasteiger partial charge in [0, 0.05) is 27.6 Å². The maximum atomic E-state index is 12.2. The Morgan fingerprint density at radius 3 is 2.50 bits per heavy atom. The summed E-state index contributed by atoms with van der Waals surface area (Å²) in [5.74, 6) is 0.617. The van der Waals surface area contributed by atoms with E-state index in [2.05, 4.69) is 22.6 Å². The van der Waals surface area contributed by atoms with Crippen LogP contribution in [0, 0.1) is 3.57 Å². The number of hydrogen-bond acceptors (Lipinski definition) is 1. The topological polar surface area (TPSA) is 20.3 Å². The van der Waals surface area contributed by atoms with Crippen molar-refractivity contribution in [1.29, 1.82) is 0 Å². The van der Waals surface area contributed by atoms with E-state index >= 15 is 0 Å². The van der Waals surface area contributed by atoms with Crippen LogP contribution in [0.5, 0.6) is 0 Å². The minimum Gasteiger partial charge on any atom is -0.334 e. The van der Waals surface area contributed by atoms with Crippen molar-refractivity contribution in [3.05, 3.63) is 33.4 Å². The maximum Gasteiger partial charge on any atom is 0.254 e. The van der Waals surface area contributed by atoms with E-state index in [4.69, 9.17) is 11.6 Å². The van der Waals surface area contributed by atoms with E-state index in [9.17, 15) is 4.79 Å². The normalized spacial score (nSPS) is 14.9. The second kappa shape index (κ2) is 5.36. The zero-order chi connectivity index (χ0) is 11.5. The standard InChI is InChI=1S/C12H13ClINO/c13-7-8-15(11-5-6-11)12(16)9-1-3-10(14)4-2-9/h1-4,11H,5-8H2. The molecule has 1 aliphatic carbocycles. The van der Waals surface area contributed by atoms with Crippen LogP contribution in [0.25, 0.3) is 0 Å². The van der Waals surface area contributed by atoms with Gasteiger partial charge in [-0.3, -0.25) is 4.79 Å². The average Bonchev–Trinajstić information content (AvgIpc) is 3.10. The fourth-order valence-electron chi connectivity index (χ4n) is 1.69. The summed E-state index contributed by atoms with van der Waals surface area (Å²) < 4.78 is 1.14.